The van der Waals surface area contributed by atoms with Gasteiger partial charge in [0.15, 0.2) is 0 Å². The topological polar surface area (TPSA) is 54.1 Å². The summed E-state index contributed by atoms with van der Waals surface area (Å²) in [5.41, 5.74) is -0.272. The molecule has 6 heteroatoms. The first kappa shape index (κ1) is 18.0. The first-order valence-electron chi connectivity index (χ1n) is 8.08. The Morgan fingerprint density at radius 1 is 1.38 bits per heavy atom. The quantitative estimate of drug-likeness (QED) is 0.412. The minimum Gasteiger partial charge on any atom is -0.569 e. The Kier molecular flexibility index (Phi) is 6.71. The van der Waals surface area contributed by atoms with Gasteiger partial charge in [0.05, 0.1) is 17.6 Å². The van der Waals surface area contributed by atoms with E-state index in [0.717, 1.165) is 32.0 Å². The van der Waals surface area contributed by atoms with E-state index in [1.54, 1.807) is 7.05 Å². The average molecular weight is 300 g/mol. The summed E-state index contributed by atoms with van der Waals surface area (Å²) in [4.78, 5) is 8.38. The molecule has 0 aromatic carbocycles. The van der Waals surface area contributed by atoms with Gasteiger partial charge in [0, 0.05) is 26.1 Å². The highest BCUT2D eigenvalue weighted by Gasteiger charge is 2.28. The SMILES string of the molecule is CCC(CC)CN1CC[C@@H](O/N=[N+](/[O-])N(C)C(C)(C)C)C1. The van der Waals surface area contributed by atoms with Gasteiger partial charge in [0.1, 0.15) is 6.10 Å². The van der Waals surface area contributed by atoms with Gasteiger partial charge >= 0.3 is 0 Å². The molecule has 0 unspecified atom stereocenters. The van der Waals surface area contributed by atoms with Crippen LogP contribution in [0.25, 0.3) is 0 Å². The van der Waals surface area contributed by atoms with Gasteiger partial charge in [-0.05, 0) is 26.7 Å². The Balaban J connectivity index is 2.41. The van der Waals surface area contributed by atoms with Crippen LogP contribution in [0.4, 0.5) is 0 Å². The summed E-state index contributed by atoms with van der Waals surface area (Å²) in [6.45, 7) is 13.4. The Morgan fingerprint density at radius 2 is 2.00 bits per heavy atom. The van der Waals surface area contributed by atoms with Gasteiger partial charge < -0.3 is 10.0 Å². The van der Waals surface area contributed by atoms with Crippen LogP contribution < -0.4 is 0 Å². The zero-order valence-corrected chi connectivity index (χ0v) is 14.5. The molecule has 1 saturated heterocycles. The van der Waals surface area contributed by atoms with Crippen molar-refractivity contribution < 1.29 is 9.81 Å². The van der Waals surface area contributed by atoms with E-state index in [4.69, 9.17) is 4.84 Å². The molecular weight excluding hydrogens is 268 g/mol. The zero-order valence-electron chi connectivity index (χ0n) is 14.5. The van der Waals surface area contributed by atoms with E-state index in [-0.39, 0.29) is 11.6 Å². The van der Waals surface area contributed by atoms with Gasteiger partial charge in [-0.2, -0.15) is 0 Å². The molecule has 124 valence electrons. The van der Waals surface area contributed by atoms with Crippen LogP contribution in [0.5, 0.6) is 0 Å². The first-order valence-corrected chi connectivity index (χ1v) is 8.08. The predicted octanol–water partition coefficient (Wildman–Crippen LogP) is 3.04. The average Bonchev–Trinajstić information content (AvgIpc) is 2.87. The molecule has 0 aromatic rings. The van der Waals surface area contributed by atoms with Crippen molar-refractivity contribution in [1.29, 1.82) is 0 Å². The fourth-order valence-corrected chi connectivity index (χ4v) is 2.38. The number of hydrogen-bond acceptors (Lipinski definition) is 4. The Labute approximate surface area is 129 Å². The normalized spacial score (nSPS) is 21.1. The lowest BCUT2D eigenvalue weighted by atomic mass is 10.0. The van der Waals surface area contributed by atoms with Crippen molar-refractivity contribution in [2.45, 2.75) is 65.5 Å². The van der Waals surface area contributed by atoms with Crippen molar-refractivity contribution in [3.63, 3.8) is 0 Å². The molecule has 0 bridgehead atoms. The number of likely N-dealkylation sites (tertiary alicyclic amines) is 1. The number of nitrogens with zero attached hydrogens (tertiary/aromatic N) is 4. The fourth-order valence-electron chi connectivity index (χ4n) is 2.38. The molecule has 0 spiro atoms. The van der Waals surface area contributed by atoms with Crippen LogP contribution in [-0.4, -0.2) is 53.2 Å². The lowest BCUT2D eigenvalue weighted by molar-refractivity contribution is -0.720. The molecular formula is C15H32N4O2. The monoisotopic (exact) mass is 300 g/mol. The van der Waals surface area contributed by atoms with Gasteiger partial charge in [-0.25, -0.2) is 0 Å². The van der Waals surface area contributed by atoms with E-state index < -0.39 is 0 Å². The van der Waals surface area contributed by atoms with Crippen molar-refractivity contribution in [2.24, 2.45) is 11.2 Å². The molecule has 0 saturated carbocycles. The zero-order chi connectivity index (χ0) is 16.0. The second-order valence-corrected chi connectivity index (χ2v) is 6.99. The molecule has 0 radical (unpaired) electrons. The molecule has 1 heterocycles. The Bertz CT molecular complexity index is 337. The summed E-state index contributed by atoms with van der Waals surface area (Å²) >= 11 is 0. The smallest absolute Gasteiger partial charge is 0.233 e. The summed E-state index contributed by atoms with van der Waals surface area (Å²) < 4.78 is 0. The first-order chi connectivity index (χ1) is 9.77. The maximum Gasteiger partial charge on any atom is 0.233 e. The summed E-state index contributed by atoms with van der Waals surface area (Å²) in [6, 6.07) is 0. The molecule has 0 N–H and O–H groups in total. The molecule has 6 nitrogen and oxygen atoms in total. The van der Waals surface area contributed by atoms with Crippen molar-refractivity contribution in [1.82, 2.24) is 9.91 Å². The highest BCUT2D eigenvalue weighted by molar-refractivity contribution is 4.77. The molecule has 21 heavy (non-hydrogen) atoms. The second-order valence-electron chi connectivity index (χ2n) is 6.99. The maximum atomic E-state index is 11.8. The van der Waals surface area contributed by atoms with E-state index in [1.807, 2.05) is 20.8 Å². The van der Waals surface area contributed by atoms with E-state index in [2.05, 4.69) is 24.0 Å². The largest absolute Gasteiger partial charge is 0.569 e. The van der Waals surface area contributed by atoms with Crippen molar-refractivity contribution >= 4 is 0 Å². The predicted molar refractivity (Wildman–Crippen MR) is 83.6 cm³/mol. The van der Waals surface area contributed by atoms with E-state index >= 15 is 0 Å². The van der Waals surface area contributed by atoms with Gasteiger partial charge in [0.2, 0.25) is 5.28 Å². The van der Waals surface area contributed by atoms with Crippen molar-refractivity contribution in [3.05, 3.63) is 5.21 Å². The highest BCUT2D eigenvalue weighted by atomic mass is 16.7. The van der Waals surface area contributed by atoms with Gasteiger partial charge in [-0.15, -0.1) is 5.01 Å². The van der Waals surface area contributed by atoms with E-state index in [0.29, 0.717) is 4.97 Å². The third kappa shape index (κ3) is 5.69. The van der Waals surface area contributed by atoms with Crippen molar-refractivity contribution in [2.75, 3.05) is 26.7 Å². The molecule has 0 aromatic heterocycles. The van der Waals surface area contributed by atoms with Crippen LogP contribution in [0, 0.1) is 11.1 Å². The Morgan fingerprint density at radius 3 is 2.52 bits per heavy atom. The highest BCUT2D eigenvalue weighted by Crippen LogP contribution is 2.18. The standard InChI is InChI=1S/C15H32N4O2/c1-7-13(8-2)11-18-10-9-14(12-18)21-16-19(20)17(6)15(3,4)5/h13-14H,7-12H2,1-6H3/b19-16+/t14-/m1/s1. The van der Waals surface area contributed by atoms with Crippen molar-refractivity contribution in [3.8, 4) is 0 Å². The number of hydrazine groups is 1. The lowest BCUT2D eigenvalue weighted by Crippen LogP contribution is -2.42. The van der Waals surface area contributed by atoms with Crippen LogP contribution >= 0.6 is 0 Å². The van der Waals surface area contributed by atoms with E-state index in [9.17, 15) is 5.21 Å². The Hall–Kier alpha value is -1.04. The third-order valence-electron chi connectivity index (χ3n) is 4.39. The minimum absolute atomic E-state index is 0.0316. The molecule has 1 rings (SSSR count). The van der Waals surface area contributed by atoms with Gasteiger partial charge in [-0.1, -0.05) is 26.7 Å². The molecule has 1 aliphatic heterocycles. The third-order valence-corrected chi connectivity index (χ3v) is 4.39. The lowest BCUT2D eigenvalue weighted by Gasteiger charge is -2.26. The molecule has 1 fully saturated rings. The number of hydrogen-bond donors (Lipinski definition) is 0. The molecule has 0 amide bonds. The maximum absolute atomic E-state index is 11.8. The van der Waals surface area contributed by atoms with Crippen LogP contribution in [0.3, 0.4) is 0 Å². The van der Waals surface area contributed by atoms with Crippen LogP contribution in [0.2, 0.25) is 0 Å². The molecule has 1 aliphatic rings. The minimum atomic E-state index is -0.272. The van der Waals surface area contributed by atoms with Gasteiger partial charge in [-0.3, -0.25) is 4.90 Å². The summed E-state index contributed by atoms with van der Waals surface area (Å²) in [5, 5.41) is 17.1. The number of rotatable bonds is 7. The van der Waals surface area contributed by atoms with Crippen LogP contribution in [0.15, 0.2) is 5.28 Å². The van der Waals surface area contributed by atoms with Gasteiger partial charge in [0.25, 0.3) is 0 Å². The summed E-state index contributed by atoms with van der Waals surface area (Å²) in [6.07, 6.45) is 3.40. The fraction of sp³-hybridized carbons (Fsp3) is 1.00. The van der Waals surface area contributed by atoms with Crippen LogP contribution in [0.1, 0.15) is 53.9 Å². The summed E-state index contributed by atoms with van der Waals surface area (Å²) in [7, 11) is 1.72. The second kappa shape index (κ2) is 7.82. The molecule has 1 atom stereocenters. The van der Waals surface area contributed by atoms with Crippen LogP contribution in [-0.2, 0) is 4.84 Å². The summed E-state index contributed by atoms with van der Waals surface area (Å²) in [5.74, 6) is 0.753. The molecule has 0 aliphatic carbocycles. The van der Waals surface area contributed by atoms with E-state index in [1.165, 1.54) is 17.9 Å².